The number of nitrogens with zero attached hydrogens (tertiary/aromatic N) is 1. The molecule has 0 radical (unpaired) electrons. The zero-order chi connectivity index (χ0) is 18.9. The number of carbonyl (C=O) groups excluding carboxylic acids is 2. The van der Waals surface area contributed by atoms with Crippen molar-refractivity contribution >= 4 is 17.8 Å². The van der Waals surface area contributed by atoms with Crippen LogP contribution in [0.2, 0.25) is 0 Å². The van der Waals surface area contributed by atoms with Gasteiger partial charge in [0, 0.05) is 26.4 Å². The zero-order valence-electron chi connectivity index (χ0n) is 14.6. The largest absolute Gasteiger partial charge is 0.481 e. The molecule has 0 aliphatic heterocycles. The Bertz CT molecular complexity index is 728. The van der Waals surface area contributed by atoms with Crippen molar-refractivity contribution in [2.45, 2.75) is 25.3 Å². The SMILES string of the molecule is CN(CCCC(=O)O)C(=O)C(Cc1ccccc1)NC(=O)c1ccco1. The van der Waals surface area contributed by atoms with Crippen molar-refractivity contribution in [1.29, 1.82) is 0 Å². The Morgan fingerprint density at radius 1 is 1.15 bits per heavy atom. The summed E-state index contributed by atoms with van der Waals surface area (Å²) in [4.78, 5) is 37.1. The van der Waals surface area contributed by atoms with E-state index < -0.39 is 17.9 Å². The van der Waals surface area contributed by atoms with Crippen LogP contribution in [0, 0.1) is 0 Å². The Balaban J connectivity index is 2.07. The number of rotatable bonds is 9. The van der Waals surface area contributed by atoms with Gasteiger partial charge in [0.15, 0.2) is 5.76 Å². The van der Waals surface area contributed by atoms with E-state index in [9.17, 15) is 14.4 Å². The minimum atomic E-state index is -0.905. The number of hydrogen-bond donors (Lipinski definition) is 2. The van der Waals surface area contributed by atoms with Crippen molar-refractivity contribution in [2.24, 2.45) is 0 Å². The number of furan rings is 1. The summed E-state index contributed by atoms with van der Waals surface area (Å²) >= 11 is 0. The third-order valence-corrected chi connectivity index (χ3v) is 3.89. The van der Waals surface area contributed by atoms with Crippen LogP contribution in [-0.4, -0.2) is 47.4 Å². The first kappa shape index (κ1) is 19.2. The van der Waals surface area contributed by atoms with E-state index in [4.69, 9.17) is 9.52 Å². The molecule has 2 aromatic rings. The van der Waals surface area contributed by atoms with Crippen LogP contribution < -0.4 is 5.32 Å². The van der Waals surface area contributed by atoms with Gasteiger partial charge >= 0.3 is 5.97 Å². The lowest BCUT2D eigenvalue weighted by Gasteiger charge is -2.24. The fraction of sp³-hybridized carbons (Fsp3) is 0.316. The third kappa shape index (κ3) is 5.77. The van der Waals surface area contributed by atoms with Gasteiger partial charge in [-0.3, -0.25) is 14.4 Å². The second kappa shape index (κ2) is 9.41. The van der Waals surface area contributed by atoms with Crippen LogP contribution in [0.15, 0.2) is 53.1 Å². The minimum Gasteiger partial charge on any atom is -0.481 e. The van der Waals surface area contributed by atoms with E-state index in [1.807, 2.05) is 30.3 Å². The lowest BCUT2D eigenvalue weighted by molar-refractivity contribution is -0.138. The Labute approximate surface area is 151 Å². The van der Waals surface area contributed by atoms with E-state index in [-0.39, 0.29) is 18.1 Å². The topological polar surface area (TPSA) is 99.9 Å². The summed E-state index contributed by atoms with van der Waals surface area (Å²) in [6.07, 6.45) is 2.05. The van der Waals surface area contributed by atoms with Gasteiger partial charge < -0.3 is 19.7 Å². The van der Waals surface area contributed by atoms with Crippen molar-refractivity contribution < 1.29 is 23.9 Å². The first-order valence-corrected chi connectivity index (χ1v) is 8.32. The number of carboxylic acid groups (broad SMARTS) is 1. The van der Waals surface area contributed by atoms with Crippen LogP contribution in [-0.2, 0) is 16.0 Å². The summed E-state index contributed by atoms with van der Waals surface area (Å²) in [5, 5.41) is 11.4. The van der Waals surface area contributed by atoms with E-state index in [1.165, 1.54) is 17.2 Å². The highest BCUT2D eigenvalue weighted by Gasteiger charge is 2.25. The van der Waals surface area contributed by atoms with Crippen LogP contribution in [0.25, 0.3) is 0 Å². The van der Waals surface area contributed by atoms with Crippen molar-refractivity contribution in [3.8, 4) is 0 Å². The van der Waals surface area contributed by atoms with Crippen LogP contribution >= 0.6 is 0 Å². The molecule has 2 N–H and O–H groups in total. The molecule has 0 aliphatic rings. The molecule has 0 saturated heterocycles. The zero-order valence-corrected chi connectivity index (χ0v) is 14.6. The number of carboxylic acids is 1. The van der Waals surface area contributed by atoms with Crippen LogP contribution in [0.1, 0.15) is 29.0 Å². The summed E-state index contributed by atoms with van der Waals surface area (Å²) in [5.41, 5.74) is 0.907. The molecule has 0 fully saturated rings. The third-order valence-electron chi connectivity index (χ3n) is 3.89. The number of likely N-dealkylation sites (N-methyl/N-ethyl adjacent to an activating group) is 1. The summed E-state index contributed by atoms with van der Waals surface area (Å²) < 4.78 is 5.08. The average molecular weight is 358 g/mol. The lowest BCUT2D eigenvalue weighted by Crippen LogP contribution is -2.48. The summed E-state index contributed by atoms with van der Waals surface area (Å²) in [6, 6.07) is 11.7. The molecule has 1 aromatic carbocycles. The molecule has 138 valence electrons. The standard InChI is InChI=1S/C19H22N2O5/c1-21(11-5-10-17(22)23)19(25)15(13-14-7-3-2-4-8-14)20-18(24)16-9-6-12-26-16/h2-4,6-9,12,15H,5,10-11,13H2,1H3,(H,20,24)(H,22,23). The van der Waals surface area contributed by atoms with E-state index in [0.29, 0.717) is 19.4 Å². The molecule has 1 unspecified atom stereocenters. The molecule has 7 nitrogen and oxygen atoms in total. The van der Waals surface area contributed by atoms with Gasteiger partial charge in [-0.2, -0.15) is 0 Å². The fourth-order valence-electron chi connectivity index (χ4n) is 2.53. The second-order valence-corrected chi connectivity index (χ2v) is 5.95. The predicted molar refractivity (Wildman–Crippen MR) is 94.6 cm³/mol. The molecule has 0 saturated carbocycles. The highest BCUT2D eigenvalue weighted by atomic mass is 16.4. The van der Waals surface area contributed by atoms with Crippen molar-refractivity contribution in [2.75, 3.05) is 13.6 Å². The summed E-state index contributed by atoms with van der Waals surface area (Å²) in [6.45, 7) is 0.299. The van der Waals surface area contributed by atoms with E-state index in [2.05, 4.69) is 5.32 Å². The van der Waals surface area contributed by atoms with Crippen molar-refractivity contribution in [3.63, 3.8) is 0 Å². The molecular weight excluding hydrogens is 336 g/mol. The maximum absolute atomic E-state index is 12.8. The Hall–Kier alpha value is -3.09. The smallest absolute Gasteiger partial charge is 0.303 e. The van der Waals surface area contributed by atoms with Crippen LogP contribution in [0.3, 0.4) is 0 Å². The number of benzene rings is 1. The Morgan fingerprint density at radius 3 is 2.50 bits per heavy atom. The first-order valence-electron chi connectivity index (χ1n) is 8.32. The van der Waals surface area contributed by atoms with Gasteiger partial charge in [0.05, 0.1) is 6.26 Å². The molecule has 1 heterocycles. The number of nitrogens with one attached hydrogen (secondary N) is 1. The number of carbonyl (C=O) groups is 3. The molecule has 2 amide bonds. The monoisotopic (exact) mass is 358 g/mol. The molecular formula is C19H22N2O5. The van der Waals surface area contributed by atoms with E-state index >= 15 is 0 Å². The maximum Gasteiger partial charge on any atom is 0.303 e. The number of aliphatic carboxylic acids is 1. The van der Waals surface area contributed by atoms with Gasteiger partial charge in [0.2, 0.25) is 5.91 Å². The fourth-order valence-corrected chi connectivity index (χ4v) is 2.53. The highest BCUT2D eigenvalue weighted by molar-refractivity contribution is 5.95. The summed E-state index contributed by atoms with van der Waals surface area (Å²) in [5.74, 6) is -1.52. The average Bonchev–Trinajstić information content (AvgIpc) is 3.15. The van der Waals surface area contributed by atoms with Crippen LogP contribution in [0.5, 0.6) is 0 Å². The van der Waals surface area contributed by atoms with Gasteiger partial charge in [-0.15, -0.1) is 0 Å². The normalized spacial score (nSPS) is 11.6. The second-order valence-electron chi connectivity index (χ2n) is 5.95. The van der Waals surface area contributed by atoms with E-state index in [0.717, 1.165) is 5.56 Å². The molecule has 0 aliphatic carbocycles. The van der Waals surface area contributed by atoms with Crippen molar-refractivity contribution in [3.05, 3.63) is 60.1 Å². The Kier molecular flexibility index (Phi) is 6.96. The number of amides is 2. The summed E-state index contributed by atoms with van der Waals surface area (Å²) in [7, 11) is 1.60. The van der Waals surface area contributed by atoms with Gasteiger partial charge in [-0.05, 0) is 24.1 Å². The molecule has 1 aromatic heterocycles. The maximum atomic E-state index is 12.8. The van der Waals surface area contributed by atoms with E-state index in [1.54, 1.807) is 13.1 Å². The molecule has 2 rings (SSSR count). The quantitative estimate of drug-likeness (QED) is 0.714. The van der Waals surface area contributed by atoms with Gasteiger partial charge in [-0.1, -0.05) is 30.3 Å². The highest BCUT2D eigenvalue weighted by Crippen LogP contribution is 2.08. The molecule has 26 heavy (non-hydrogen) atoms. The predicted octanol–water partition coefficient (Wildman–Crippen LogP) is 1.94. The van der Waals surface area contributed by atoms with Crippen LogP contribution in [0.4, 0.5) is 0 Å². The van der Waals surface area contributed by atoms with Gasteiger partial charge in [-0.25, -0.2) is 0 Å². The molecule has 0 bridgehead atoms. The Morgan fingerprint density at radius 2 is 1.88 bits per heavy atom. The van der Waals surface area contributed by atoms with Gasteiger partial charge in [0.25, 0.3) is 5.91 Å². The lowest BCUT2D eigenvalue weighted by atomic mass is 10.0. The van der Waals surface area contributed by atoms with Gasteiger partial charge in [0.1, 0.15) is 6.04 Å². The molecule has 1 atom stereocenters. The first-order chi connectivity index (χ1) is 12.5. The molecule has 7 heteroatoms. The minimum absolute atomic E-state index is 0.0142. The number of hydrogen-bond acceptors (Lipinski definition) is 4. The molecule has 0 spiro atoms. The van der Waals surface area contributed by atoms with Crippen molar-refractivity contribution in [1.82, 2.24) is 10.2 Å².